The van der Waals surface area contributed by atoms with Gasteiger partial charge in [0.05, 0.1) is 19.3 Å². The van der Waals surface area contributed by atoms with E-state index in [2.05, 4.69) is 52.6 Å². The summed E-state index contributed by atoms with van der Waals surface area (Å²) in [6.45, 7) is 15.2. The van der Waals surface area contributed by atoms with Gasteiger partial charge in [0.25, 0.3) is 0 Å². The van der Waals surface area contributed by atoms with Crippen LogP contribution in [-0.4, -0.2) is 44.1 Å². The summed E-state index contributed by atoms with van der Waals surface area (Å²) in [6.07, 6.45) is 7.24. The molecular weight excluding hydrogens is 392 g/mol. The number of aliphatic hydroxyl groups excluding tert-OH is 1. The standard InChI is InChI=1S/C25H42O4Si/c1-23(2,3)30(5,6)29-24(4,18-9-7-8-10-18)14-13-19-20-17-25(27-15-16-28-25)21(20)11-12-22(19)26/h18-22,26H,7-12,15-17H2,1-6H3/t19-,20-,21+,22-,24+/m1/s1. The molecule has 30 heavy (non-hydrogen) atoms. The maximum atomic E-state index is 10.8. The molecule has 4 aliphatic rings. The molecule has 0 aromatic carbocycles. The van der Waals surface area contributed by atoms with Crippen LogP contribution in [0, 0.1) is 35.5 Å². The van der Waals surface area contributed by atoms with E-state index >= 15 is 0 Å². The SMILES string of the molecule is CC(C)(C)[Si](C)(C)O[C@@](C)(C#C[C@@H]1[C@H]2CC3(OCCO3)[C@H]2CC[C@H]1O)C1CCCC1. The summed E-state index contributed by atoms with van der Waals surface area (Å²) < 4.78 is 19.0. The molecule has 4 fully saturated rings. The van der Waals surface area contributed by atoms with Crippen molar-refractivity contribution in [1.82, 2.24) is 0 Å². The van der Waals surface area contributed by atoms with Gasteiger partial charge in [0.1, 0.15) is 5.60 Å². The zero-order valence-corrected chi connectivity index (χ0v) is 20.9. The Kier molecular flexibility index (Phi) is 5.99. The molecule has 3 aliphatic carbocycles. The number of aliphatic hydroxyl groups is 1. The molecule has 5 atom stereocenters. The van der Waals surface area contributed by atoms with E-state index in [1.165, 1.54) is 25.7 Å². The molecule has 3 saturated carbocycles. The lowest BCUT2D eigenvalue weighted by molar-refractivity contribution is -0.296. The fourth-order valence-corrected chi connectivity index (χ4v) is 7.60. The molecule has 0 bridgehead atoms. The third-order valence-electron chi connectivity index (χ3n) is 8.92. The number of rotatable bonds is 3. The smallest absolute Gasteiger partial charge is 0.194 e. The van der Waals surface area contributed by atoms with Gasteiger partial charge in [0.2, 0.25) is 0 Å². The maximum absolute atomic E-state index is 10.8. The van der Waals surface area contributed by atoms with E-state index in [0.717, 1.165) is 19.3 Å². The average Bonchev–Trinajstić information content (AvgIpc) is 3.32. The Morgan fingerprint density at radius 3 is 2.23 bits per heavy atom. The van der Waals surface area contributed by atoms with Gasteiger partial charge in [-0.1, -0.05) is 45.5 Å². The van der Waals surface area contributed by atoms with Gasteiger partial charge in [-0.3, -0.25) is 0 Å². The summed E-state index contributed by atoms with van der Waals surface area (Å²) in [4.78, 5) is 0. The normalized spacial score (nSPS) is 36.0. The summed E-state index contributed by atoms with van der Waals surface area (Å²) in [7, 11) is -1.96. The lowest BCUT2D eigenvalue weighted by atomic mass is 9.56. The van der Waals surface area contributed by atoms with Gasteiger partial charge in [-0.05, 0) is 62.6 Å². The van der Waals surface area contributed by atoms with E-state index in [0.29, 0.717) is 31.0 Å². The summed E-state index contributed by atoms with van der Waals surface area (Å²) in [6, 6.07) is 0. The highest BCUT2D eigenvalue weighted by Gasteiger charge is 2.62. The van der Waals surface area contributed by atoms with Crippen LogP contribution in [0.1, 0.15) is 72.6 Å². The molecule has 1 heterocycles. The zero-order chi connectivity index (χ0) is 21.8. The molecule has 0 aromatic heterocycles. The predicted molar refractivity (Wildman–Crippen MR) is 121 cm³/mol. The van der Waals surface area contributed by atoms with Crippen LogP contribution < -0.4 is 0 Å². The average molecular weight is 435 g/mol. The molecule has 0 unspecified atom stereocenters. The van der Waals surface area contributed by atoms with Crippen molar-refractivity contribution in [2.75, 3.05) is 13.2 Å². The maximum Gasteiger partial charge on any atom is 0.194 e. The summed E-state index contributed by atoms with van der Waals surface area (Å²) in [5.41, 5.74) is -0.423. The van der Waals surface area contributed by atoms with Crippen molar-refractivity contribution in [1.29, 1.82) is 0 Å². The monoisotopic (exact) mass is 434 g/mol. The van der Waals surface area contributed by atoms with Crippen LogP contribution in [0.4, 0.5) is 0 Å². The first kappa shape index (κ1) is 22.8. The Hall–Kier alpha value is -0.383. The molecular formula is C25H42O4Si. The molecule has 1 spiro atoms. The second kappa shape index (κ2) is 7.88. The Bertz CT molecular complexity index is 690. The van der Waals surface area contributed by atoms with E-state index in [1.54, 1.807) is 0 Å². The minimum atomic E-state index is -1.96. The third-order valence-corrected chi connectivity index (χ3v) is 13.5. The first-order chi connectivity index (χ1) is 14.0. The summed E-state index contributed by atoms with van der Waals surface area (Å²) >= 11 is 0. The Morgan fingerprint density at radius 2 is 1.63 bits per heavy atom. The number of fused-ring (bicyclic) bond motifs is 2. The fraction of sp³-hybridized carbons (Fsp3) is 0.920. The van der Waals surface area contributed by atoms with Gasteiger partial charge in [0.15, 0.2) is 14.1 Å². The molecule has 4 nitrogen and oxygen atoms in total. The lowest BCUT2D eigenvalue weighted by Gasteiger charge is -2.56. The van der Waals surface area contributed by atoms with Crippen molar-refractivity contribution in [2.24, 2.45) is 23.7 Å². The van der Waals surface area contributed by atoms with Crippen molar-refractivity contribution in [3.63, 3.8) is 0 Å². The molecule has 1 N–H and O–H groups in total. The molecule has 0 radical (unpaired) electrons. The van der Waals surface area contributed by atoms with Gasteiger partial charge in [-0.25, -0.2) is 0 Å². The van der Waals surface area contributed by atoms with E-state index in [-0.39, 0.29) is 22.8 Å². The van der Waals surface area contributed by atoms with Gasteiger partial charge in [0, 0.05) is 18.3 Å². The minimum absolute atomic E-state index is 0.00548. The van der Waals surface area contributed by atoms with Crippen molar-refractivity contribution >= 4 is 8.32 Å². The lowest BCUT2D eigenvalue weighted by Crippen LogP contribution is -2.60. The summed E-state index contributed by atoms with van der Waals surface area (Å²) in [5.74, 6) is 8.11. The second-order valence-electron chi connectivity index (χ2n) is 11.9. The van der Waals surface area contributed by atoms with E-state index < -0.39 is 13.9 Å². The first-order valence-electron chi connectivity index (χ1n) is 12.2. The van der Waals surface area contributed by atoms with Crippen LogP contribution >= 0.6 is 0 Å². The first-order valence-corrected chi connectivity index (χ1v) is 15.1. The van der Waals surface area contributed by atoms with E-state index in [1.807, 2.05) is 0 Å². The molecule has 0 aromatic rings. The topological polar surface area (TPSA) is 47.9 Å². The molecule has 170 valence electrons. The van der Waals surface area contributed by atoms with Crippen molar-refractivity contribution in [2.45, 2.75) is 108 Å². The zero-order valence-electron chi connectivity index (χ0n) is 19.9. The van der Waals surface area contributed by atoms with Gasteiger partial charge >= 0.3 is 0 Å². The highest BCUT2D eigenvalue weighted by atomic mass is 28.4. The fourth-order valence-electron chi connectivity index (χ4n) is 6.02. The van der Waals surface area contributed by atoms with Crippen LogP contribution in [0.3, 0.4) is 0 Å². The Morgan fingerprint density at radius 1 is 1.00 bits per heavy atom. The number of hydrogen-bond donors (Lipinski definition) is 1. The third kappa shape index (κ3) is 3.92. The Balaban J connectivity index is 1.57. The molecule has 4 rings (SSSR count). The molecule has 5 heteroatoms. The van der Waals surface area contributed by atoms with Gasteiger partial charge in [-0.2, -0.15) is 0 Å². The van der Waals surface area contributed by atoms with Gasteiger partial charge in [-0.15, -0.1) is 0 Å². The molecule has 1 aliphatic heterocycles. The minimum Gasteiger partial charge on any atom is -0.401 e. The van der Waals surface area contributed by atoms with Crippen LogP contribution in [0.2, 0.25) is 18.1 Å². The number of hydrogen-bond acceptors (Lipinski definition) is 4. The van der Waals surface area contributed by atoms with Crippen LogP contribution in [0.25, 0.3) is 0 Å². The largest absolute Gasteiger partial charge is 0.401 e. The van der Waals surface area contributed by atoms with Crippen LogP contribution in [0.15, 0.2) is 0 Å². The second-order valence-corrected chi connectivity index (χ2v) is 16.6. The van der Waals surface area contributed by atoms with Crippen LogP contribution in [-0.2, 0) is 13.9 Å². The Labute approximate surface area is 184 Å². The summed E-state index contributed by atoms with van der Waals surface area (Å²) in [5, 5.41) is 11.0. The van der Waals surface area contributed by atoms with Crippen LogP contribution in [0.5, 0.6) is 0 Å². The van der Waals surface area contributed by atoms with Gasteiger partial charge < -0.3 is 19.0 Å². The van der Waals surface area contributed by atoms with E-state index in [4.69, 9.17) is 13.9 Å². The molecule has 0 amide bonds. The highest BCUT2D eigenvalue weighted by Crippen LogP contribution is 2.58. The highest BCUT2D eigenvalue weighted by molar-refractivity contribution is 6.74. The van der Waals surface area contributed by atoms with E-state index in [9.17, 15) is 5.11 Å². The predicted octanol–water partition coefficient (Wildman–Crippen LogP) is 5.11. The van der Waals surface area contributed by atoms with Crippen molar-refractivity contribution in [3.05, 3.63) is 0 Å². The quantitative estimate of drug-likeness (QED) is 0.495. The van der Waals surface area contributed by atoms with Crippen molar-refractivity contribution in [3.8, 4) is 11.8 Å². The van der Waals surface area contributed by atoms with Crippen molar-refractivity contribution < 1.29 is 19.0 Å². The number of ether oxygens (including phenoxy) is 2. The molecule has 1 saturated heterocycles.